The van der Waals surface area contributed by atoms with Crippen LogP contribution in [0.3, 0.4) is 0 Å². The van der Waals surface area contributed by atoms with Crippen molar-refractivity contribution in [2.24, 2.45) is 15.9 Å². The lowest BCUT2D eigenvalue weighted by Crippen LogP contribution is -2.17. The van der Waals surface area contributed by atoms with Gasteiger partial charge in [0.05, 0.1) is 0 Å². The third kappa shape index (κ3) is 4.60. The van der Waals surface area contributed by atoms with E-state index in [0.29, 0.717) is 0 Å². The molecule has 11 heavy (non-hydrogen) atoms. The van der Waals surface area contributed by atoms with Crippen LogP contribution in [0.5, 0.6) is 0 Å². The summed E-state index contributed by atoms with van der Waals surface area (Å²) in [5.74, 6) is -0.0904. The molecule has 7 heteroatoms. The second-order valence-electron chi connectivity index (χ2n) is 1.63. The summed E-state index contributed by atoms with van der Waals surface area (Å²) in [6.07, 6.45) is -4.65. The van der Waals surface area contributed by atoms with E-state index in [1.54, 1.807) is 0 Å². The smallest absolute Gasteiger partial charge is 0.386 e. The van der Waals surface area contributed by atoms with Gasteiger partial charge in [0.2, 0.25) is 5.17 Å². The molecule has 0 bridgehead atoms. The zero-order valence-electron chi connectivity index (χ0n) is 5.48. The van der Waals surface area contributed by atoms with Gasteiger partial charge in [0.15, 0.2) is 0 Å². The fourth-order valence-corrected chi connectivity index (χ4v) is 0.217. The number of nitrogens with two attached hydrogens (primary N) is 1. The lowest BCUT2D eigenvalue weighted by atomic mass is 10.7. The van der Waals surface area contributed by atoms with Gasteiger partial charge >= 0.3 is 6.18 Å². The minimum atomic E-state index is -4.65. The summed E-state index contributed by atoms with van der Waals surface area (Å²) in [6, 6.07) is 0. The third-order valence-corrected chi connectivity index (χ3v) is 0.819. The van der Waals surface area contributed by atoms with Crippen LogP contribution in [0, 0.1) is 0 Å². The minimum Gasteiger partial charge on any atom is -0.386 e. The van der Waals surface area contributed by atoms with E-state index in [4.69, 9.17) is 5.73 Å². The molecule has 0 fully saturated rings. The minimum absolute atomic E-state index is 0.0904. The molecule has 0 aromatic carbocycles. The summed E-state index contributed by atoms with van der Waals surface area (Å²) < 4.78 is 34.6. The van der Waals surface area contributed by atoms with E-state index < -0.39 is 11.3 Å². The summed E-state index contributed by atoms with van der Waals surface area (Å²) >= 11 is 4.66. The summed E-state index contributed by atoms with van der Waals surface area (Å²) in [6.45, 7) is 1.30. The van der Waals surface area contributed by atoms with E-state index in [1.807, 2.05) is 0 Å². The zero-order valence-corrected chi connectivity index (χ0v) is 6.24. The number of nitrogens with zero attached hydrogens (tertiary/aromatic N) is 2. The van der Waals surface area contributed by atoms with Gasteiger partial charge in [-0.1, -0.05) is 11.6 Å². The average Bonchev–Trinajstić information content (AvgIpc) is 1.80. The van der Waals surface area contributed by atoms with E-state index in [9.17, 15) is 13.2 Å². The summed E-state index contributed by atoms with van der Waals surface area (Å²) in [4.78, 5) is 0. The Balaban J connectivity index is 4.36. The van der Waals surface area contributed by atoms with Crippen LogP contribution in [-0.2, 0) is 0 Å². The maximum Gasteiger partial charge on any atom is 0.446 e. The van der Waals surface area contributed by atoms with Crippen molar-refractivity contribution in [2.45, 2.75) is 13.1 Å². The quantitative estimate of drug-likeness (QED) is 0.377. The predicted octanol–water partition coefficient (Wildman–Crippen LogP) is 1.48. The third-order valence-electron chi connectivity index (χ3n) is 0.529. The highest BCUT2D eigenvalue weighted by Crippen LogP contribution is 2.19. The Morgan fingerprint density at radius 2 is 1.82 bits per heavy atom. The maximum atomic E-state index is 11.5. The summed E-state index contributed by atoms with van der Waals surface area (Å²) in [7, 11) is 0. The molecule has 0 amide bonds. The second-order valence-corrected chi connectivity index (χ2v) is 1.99. The molecule has 0 spiro atoms. The Kier molecular flexibility index (Phi) is 3.31. The van der Waals surface area contributed by atoms with Crippen molar-refractivity contribution in [2.75, 3.05) is 0 Å². The summed E-state index contributed by atoms with van der Waals surface area (Å²) in [5, 5.41) is 4.00. The van der Waals surface area contributed by atoms with Crippen LogP contribution in [-0.4, -0.2) is 17.2 Å². The molecule has 2 N–H and O–H groups in total. The first-order valence-corrected chi connectivity index (χ1v) is 2.82. The zero-order chi connectivity index (χ0) is 9.07. The first kappa shape index (κ1) is 10.2. The lowest BCUT2D eigenvalue weighted by molar-refractivity contribution is -0.0560. The van der Waals surface area contributed by atoms with Crippen molar-refractivity contribution in [1.82, 2.24) is 0 Å². The molecule has 3 nitrogen and oxygen atoms in total. The molecule has 0 saturated heterocycles. The molecule has 0 atom stereocenters. The molecule has 0 unspecified atom stereocenters. The molecule has 0 radical (unpaired) electrons. The van der Waals surface area contributed by atoms with Gasteiger partial charge in [0.25, 0.3) is 0 Å². The van der Waals surface area contributed by atoms with Crippen molar-refractivity contribution in [1.29, 1.82) is 0 Å². The SMILES string of the molecule is C/C(N)=N/N=C(\Cl)C(F)(F)F. The number of hydrogen-bond acceptors (Lipinski definition) is 2. The van der Waals surface area contributed by atoms with E-state index in [0.717, 1.165) is 0 Å². The molecule has 0 aromatic heterocycles. The molecular formula is C4H5ClF3N3. The van der Waals surface area contributed by atoms with Crippen molar-refractivity contribution in [3.05, 3.63) is 0 Å². The number of rotatable bonds is 1. The molecule has 0 aliphatic heterocycles. The monoisotopic (exact) mass is 187 g/mol. The van der Waals surface area contributed by atoms with Gasteiger partial charge in [-0.05, 0) is 6.92 Å². The van der Waals surface area contributed by atoms with Gasteiger partial charge in [-0.15, -0.1) is 10.2 Å². The molecule has 0 rings (SSSR count). The Morgan fingerprint density at radius 3 is 2.09 bits per heavy atom. The van der Waals surface area contributed by atoms with Crippen LogP contribution < -0.4 is 5.73 Å². The number of halogens is 4. The standard InChI is InChI=1S/C4H5ClF3N3/c1-2(9)10-11-3(5)4(6,7)8/h1H3,(H2,9,10)/b11-3-. The molecule has 64 valence electrons. The molecule has 0 aromatic rings. The summed E-state index contributed by atoms with van der Waals surface area (Å²) in [5.41, 5.74) is 4.90. The molecular weight excluding hydrogens is 183 g/mol. The van der Waals surface area contributed by atoms with Crippen LogP contribution in [0.15, 0.2) is 10.2 Å². The van der Waals surface area contributed by atoms with Crippen molar-refractivity contribution < 1.29 is 13.2 Å². The molecule has 0 aliphatic carbocycles. The topological polar surface area (TPSA) is 50.7 Å². The molecule has 0 saturated carbocycles. The number of alkyl halides is 3. The Morgan fingerprint density at radius 1 is 1.36 bits per heavy atom. The maximum absolute atomic E-state index is 11.5. The van der Waals surface area contributed by atoms with Gasteiger partial charge in [0, 0.05) is 0 Å². The highest BCUT2D eigenvalue weighted by molar-refractivity contribution is 6.66. The van der Waals surface area contributed by atoms with Gasteiger partial charge in [0.1, 0.15) is 5.84 Å². The van der Waals surface area contributed by atoms with E-state index in [-0.39, 0.29) is 5.84 Å². The first-order valence-electron chi connectivity index (χ1n) is 2.44. The Bertz CT molecular complexity index is 191. The Hall–Kier alpha value is -0.780. The van der Waals surface area contributed by atoms with Gasteiger partial charge in [-0.3, -0.25) is 0 Å². The average molecular weight is 188 g/mol. The number of hydrogen-bond donors (Lipinski definition) is 1. The van der Waals surface area contributed by atoms with E-state index in [2.05, 4.69) is 21.8 Å². The highest BCUT2D eigenvalue weighted by atomic mass is 35.5. The Labute approximate surface area is 65.7 Å². The normalized spacial score (nSPS) is 15.4. The van der Waals surface area contributed by atoms with Gasteiger partial charge < -0.3 is 5.73 Å². The van der Waals surface area contributed by atoms with E-state index in [1.165, 1.54) is 6.92 Å². The fourth-order valence-electron chi connectivity index (χ4n) is 0.179. The van der Waals surface area contributed by atoms with Crippen LogP contribution in [0.25, 0.3) is 0 Å². The molecule has 0 heterocycles. The predicted molar refractivity (Wildman–Crippen MR) is 36.6 cm³/mol. The highest BCUT2D eigenvalue weighted by Gasteiger charge is 2.34. The number of amidine groups is 1. The molecule has 0 aliphatic rings. The van der Waals surface area contributed by atoms with Crippen LogP contribution >= 0.6 is 11.6 Å². The largest absolute Gasteiger partial charge is 0.446 e. The van der Waals surface area contributed by atoms with Crippen LogP contribution in [0.2, 0.25) is 0 Å². The van der Waals surface area contributed by atoms with Crippen molar-refractivity contribution in [3.8, 4) is 0 Å². The second kappa shape index (κ2) is 3.56. The van der Waals surface area contributed by atoms with Crippen LogP contribution in [0.4, 0.5) is 13.2 Å². The van der Waals surface area contributed by atoms with Crippen LogP contribution in [0.1, 0.15) is 6.92 Å². The lowest BCUT2D eigenvalue weighted by Gasteiger charge is -1.99. The first-order chi connectivity index (χ1) is 4.84. The van der Waals surface area contributed by atoms with Gasteiger partial charge in [-0.2, -0.15) is 13.2 Å². The van der Waals surface area contributed by atoms with Crippen molar-refractivity contribution >= 4 is 22.6 Å². The van der Waals surface area contributed by atoms with Gasteiger partial charge in [-0.25, -0.2) is 0 Å². The fraction of sp³-hybridized carbons (Fsp3) is 0.500. The van der Waals surface area contributed by atoms with Crippen molar-refractivity contribution in [3.63, 3.8) is 0 Å². The van der Waals surface area contributed by atoms with E-state index >= 15 is 0 Å².